The Labute approximate surface area is 101 Å². The molecule has 0 bridgehead atoms. The second-order valence-electron chi connectivity index (χ2n) is 4.74. The van der Waals surface area contributed by atoms with Gasteiger partial charge in [-0.3, -0.25) is 4.79 Å². The number of aryl methyl sites for hydroxylation is 2. The van der Waals surface area contributed by atoms with Gasteiger partial charge in [0.05, 0.1) is 12.5 Å². The molecule has 1 aliphatic rings. The lowest BCUT2D eigenvalue weighted by Gasteiger charge is -2.15. The third-order valence-electron chi connectivity index (χ3n) is 3.09. The molecule has 2 heteroatoms. The van der Waals surface area contributed by atoms with Crippen LogP contribution in [0.2, 0.25) is 0 Å². The van der Waals surface area contributed by atoms with Crippen molar-refractivity contribution in [3.8, 4) is 0 Å². The minimum Gasteiger partial charge on any atom is -0.289 e. The molecule has 0 heterocycles. The molecule has 0 aliphatic heterocycles. The van der Waals surface area contributed by atoms with Gasteiger partial charge in [0.25, 0.3) is 0 Å². The third kappa shape index (κ3) is 2.67. The van der Waals surface area contributed by atoms with Crippen LogP contribution >= 0.6 is 0 Å². The Hall–Kier alpha value is -0.760. The highest BCUT2D eigenvalue weighted by Crippen LogP contribution is 2.22. The largest absolute Gasteiger partial charge is 0.289 e. The zero-order valence-corrected chi connectivity index (χ0v) is 10.9. The lowest BCUT2D eigenvalue weighted by Crippen LogP contribution is -2.14. The number of rotatable bonds is 3. The summed E-state index contributed by atoms with van der Waals surface area (Å²) in [5.41, 5.74) is 3.78. The fraction of sp³-hybridized carbons (Fsp3) is 0.500. The monoisotopic (exact) mass is 235 g/mol. The molecule has 1 aliphatic carbocycles. The predicted molar refractivity (Wildman–Crippen MR) is 71.5 cm³/mol. The Bertz CT molecular complexity index is 396. The van der Waals surface area contributed by atoms with Crippen molar-refractivity contribution < 1.29 is 4.79 Å². The first kappa shape index (κ1) is 11.7. The van der Waals surface area contributed by atoms with E-state index in [1.54, 1.807) is 0 Å². The van der Waals surface area contributed by atoms with Crippen LogP contribution in [-0.4, -0.2) is 24.0 Å². The molecule has 0 spiro atoms. The Morgan fingerprint density at radius 1 is 1.19 bits per heavy atom. The molecule has 16 heavy (non-hydrogen) atoms. The summed E-state index contributed by atoms with van der Waals surface area (Å²) in [6.45, 7) is 0. The van der Waals surface area contributed by atoms with Crippen molar-refractivity contribution in [3.05, 3.63) is 34.9 Å². The molecule has 1 aromatic carbocycles. The second-order valence-corrected chi connectivity index (χ2v) is 7.00. The molecule has 0 saturated carbocycles. The first-order valence-corrected chi connectivity index (χ1v) is 8.07. The number of carbonyl (C=O) groups is 1. The van der Waals surface area contributed by atoms with Gasteiger partial charge in [-0.05, 0) is 53.8 Å². The summed E-state index contributed by atoms with van der Waals surface area (Å²) in [6, 6.07) is 6.30. The number of benzene rings is 1. The zero-order valence-electron chi connectivity index (χ0n) is 10.1. The summed E-state index contributed by atoms with van der Waals surface area (Å²) >= 11 is 0. The Kier molecular flexibility index (Phi) is 3.70. The van der Waals surface area contributed by atoms with E-state index in [4.69, 9.17) is 0 Å². The molecule has 0 aromatic heterocycles. The molecule has 0 saturated heterocycles. The lowest BCUT2D eigenvalue weighted by molar-refractivity contribution is 0.102. The van der Waals surface area contributed by atoms with Gasteiger partial charge in [-0.1, -0.05) is 12.1 Å². The van der Waals surface area contributed by atoms with Crippen molar-refractivity contribution in [2.24, 2.45) is 0 Å². The van der Waals surface area contributed by atoms with Crippen LogP contribution < -0.4 is 0 Å². The first-order chi connectivity index (χ1) is 7.66. The van der Waals surface area contributed by atoms with Gasteiger partial charge >= 0.3 is 0 Å². The van der Waals surface area contributed by atoms with E-state index in [-0.39, 0.29) is 10.9 Å². The quantitative estimate of drug-likeness (QED) is 0.581. The molecule has 0 amide bonds. The summed E-state index contributed by atoms with van der Waals surface area (Å²) < 4.78 is 0. The second kappa shape index (κ2) is 5.05. The van der Waals surface area contributed by atoms with Crippen molar-refractivity contribution in [3.63, 3.8) is 0 Å². The van der Waals surface area contributed by atoms with Crippen LogP contribution in [0, 0.1) is 0 Å². The van der Waals surface area contributed by atoms with E-state index in [0.29, 0.717) is 11.5 Å². The highest BCUT2D eigenvalue weighted by Gasteiger charge is 2.16. The van der Waals surface area contributed by atoms with Crippen LogP contribution in [0.4, 0.5) is 0 Å². The van der Waals surface area contributed by atoms with Crippen LogP contribution in [0.25, 0.3) is 0 Å². The number of fused-ring (bicyclic) bond motifs is 1. The SMILES string of the molecule is C[S+](C)CC(=O)c1ccc2c(c1)CCCC2. The molecule has 1 nitrogen and oxygen atoms in total. The van der Waals surface area contributed by atoms with Crippen LogP contribution in [0.1, 0.15) is 34.3 Å². The Morgan fingerprint density at radius 2 is 1.88 bits per heavy atom. The topological polar surface area (TPSA) is 17.1 Å². The Balaban J connectivity index is 2.19. The van der Waals surface area contributed by atoms with Gasteiger partial charge < -0.3 is 0 Å². The van der Waals surface area contributed by atoms with Gasteiger partial charge in [0.1, 0.15) is 0 Å². The van der Waals surface area contributed by atoms with Crippen molar-refractivity contribution in [2.75, 3.05) is 18.3 Å². The summed E-state index contributed by atoms with van der Waals surface area (Å²) in [4.78, 5) is 11.9. The summed E-state index contributed by atoms with van der Waals surface area (Å²) in [7, 11) is 0.203. The number of hydrogen-bond acceptors (Lipinski definition) is 1. The van der Waals surface area contributed by atoms with Gasteiger partial charge in [0.15, 0.2) is 5.75 Å². The molecule has 0 N–H and O–H groups in total. The Morgan fingerprint density at radius 3 is 2.56 bits per heavy atom. The highest BCUT2D eigenvalue weighted by molar-refractivity contribution is 7.96. The summed E-state index contributed by atoms with van der Waals surface area (Å²) in [6.07, 6.45) is 9.16. The highest BCUT2D eigenvalue weighted by atomic mass is 32.2. The zero-order chi connectivity index (χ0) is 11.5. The number of Topliss-reactive ketones (excluding diaryl/α,β-unsaturated/α-hetero) is 1. The van der Waals surface area contributed by atoms with E-state index >= 15 is 0 Å². The molecule has 0 atom stereocenters. The van der Waals surface area contributed by atoms with E-state index in [1.807, 2.05) is 6.07 Å². The van der Waals surface area contributed by atoms with Crippen molar-refractivity contribution in [1.29, 1.82) is 0 Å². The van der Waals surface area contributed by atoms with Gasteiger partial charge in [-0.2, -0.15) is 0 Å². The maximum atomic E-state index is 11.9. The molecular weight excluding hydrogens is 216 g/mol. The molecule has 0 unspecified atom stereocenters. The summed E-state index contributed by atoms with van der Waals surface area (Å²) in [5.74, 6) is 1.00. The standard InChI is InChI=1S/C14H19OS/c1-16(2)10-14(15)13-8-7-11-5-3-4-6-12(11)9-13/h7-9H,3-6,10H2,1-2H3/q+1. The van der Waals surface area contributed by atoms with Gasteiger partial charge in [0, 0.05) is 5.56 Å². The normalized spacial score (nSPS) is 14.9. The van der Waals surface area contributed by atoms with Crippen molar-refractivity contribution >= 4 is 16.7 Å². The van der Waals surface area contributed by atoms with Crippen LogP contribution in [0.15, 0.2) is 18.2 Å². The average molecular weight is 235 g/mol. The van der Waals surface area contributed by atoms with Crippen LogP contribution in [-0.2, 0) is 23.7 Å². The van der Waals surface area contributed by atoms with Gasteiger partial charge in [-0.25, -0.2) is 0 Å². The predicted octanol–water partition coefficient (Wildman–Crippen LogP) is 2.63. The van der Waals surface area contributed by atoms with E-state index in [2.05, 4.69) is 24.6 Å². The van der Waals surface area contributed by atoms with E-state index in [0.717, 1.165) is 12.0 Å². The maximum absolute atomic E-state index is 11.9. The molecular formula is C14H19OS+. The molecule has 1 aromatic rings. The maximum Gasteiger partial charge on any atom is 0.211 e. The van der Waals surface area contributed by atoms with Gasteiger partial charge in [-0.15, -0.1) is 0 Å². The molecule has 86 valence electrons. The average Bonchev–Trinajstić information content (AvgIpc) is 2.27. The summed E-state index contributed by atoms with van der Waals surface area (Å²) in [5, 5.41) is 0. The lowest BCUT2D eigenvalue weighted by atomic mass is 9.90. The molecule has 0 fully saturated rings. The first-order valence-electron chi connectivity index (χ1n) is 5.86. The van der Waals surface area contributed by atoms with E-state index in [9.17, 15) is 4.79 Å². The van der Waals surface area contributed by atoms with Gasteiger partial charge in [0.2, 0.25) is 5.78 Å². The van der Waals surface area contributed by atoms with Crippen molar-refractivity contribution in [1.82, 2.24) is 0 Å². The van der Waals surface area contributed by atoms with E-state index < -0.39 is 0 Å². The smallest absolute Gasteiger partial charge is 0.211 e. The number of ketones is 1. The van der Waals surface area contributed by atoms with Crippen molar-refractivity contribution in [2.45, 2.75) is 25.7 Å². The minimum atomic E-state index is 0.203. The molecule has 0 radical (unpaired) electrons. The number of hydrogen-bond donors (Lipinski definition) is 0. The minimum absolute atomic E-state index is 0.203. The fourth-order valence-electron chi connectivity index (χ4n) is 2.25. The van der Waals surface area contributed by atoms with Crippen LogP contribution in [0.5, 0.6) is 0 Å². The van der Waals surface area contributed by atoms with E-state index in [1.165, 1.54) is 30.4 Å². The molecule has 2 rings (SSSR count). The number of carbonyl (C=O) groups excluding carboxylic acids is 1. The third-order valence-corrected chi connectivity index (χ3v) is 3.93. The van der Waals surface area contributed by atoms with Crippen LogP contribution in [0.3, 0.4) is 0 Å². The fourth-order valence-corrected chi connectivity index (χ4v) is 2.94.